The molecule has 1 aromatic carbocycles. The van der Waals surface area contributed by atoms with Crippen LogP contribution < -0.4 is 15.4 Å². The highest BCUT2D eigenvalue weighted by molar-refractivity contribution is 5.83. The molecular weight excluding hydrogens is 304 g/mol. The maximum absolute atomic E-state index is 12.6. The van der Waals surface area contributed by atoms with Gasteiger partial charge in [-0.25, -0.2) is 0 Å². The number of nitrogens with one attached hydrogen (secondary N) is 2. The number of benzene rings is 1. The van der Waals surface area contributed by atoms with Crippen molar-refractivity contribution in [1.82, 2.24) is 10.2 Å². The van der Waals surface area contributed by atoms with E-state index in [1.54, 1.807) is 12.0 Å². The lowest BCUT2D eigenvalue weighted by molar-refractivity contribution is -0.133. The van der Waals surface area contributed by atoms with Crippen LogP contribution in [0.1, 0.15) is 25.7 Å². The maximum atomic E-state index is 12.6. The Labute approximate surface area is 142 Å². The number of methoxy groups -OCH3 is 1. The fourth-order valence-electron chi connectivity index (χ4n) is 3.49. The van der Waals surface area contributed by atoms with Gasteiger partial charge in [-0.2, -0.15) is 5.26 Å². The van der Waals surface area contributed by atoms with Gasteiger partial charge in [0.05, 0.1) is 19.2 Å². The zero-order chi connectivity index (χ0) is 16.9. The number of carbonyl (C=O) groups excluding carboxylic acids is 1. The zero-order valence-electron chi connectivity index (χ0n) is 14.0. The average Bonchev–Trinajstić information content (AvgIpc) is 3.29. The second-order valence-corrected chi connectivity index (χ2v) is 6.42. The van der Waals surface area contributed by atoms with E-state index in [4.69, 9.17) is 10.00 Å². The van der Waals surface area contributed by atoms with Crippen molar-refractivity contribution in [3.8, 4) is 11.8 Å². The molecular formula is C18H24N4O2. The molecule has 6 nitrogen and oxygen atoms in total. The van der Waals surface area contributed by atoms with E-state index >= 15 is 0 Å². The van der Waals surface area contributed by atoms with Crippen molar-refractivity contribution >= 4 is 11.6 Å². The largest absolute Gasteiger partial charge is 0.497 e. The highest BCUT2D eigenvalue weighted by atomic mass is 16.5. The van der Waals surface area contributed by atoms with Gasteiger partial charge >= 0.3 is 0 Å². The van der Waals surface area contributed by atoms with E-state index in [1.165, 1.54) is 0 Å². The number of likely N-dealkylation sites (tertiary alicyclic amines) is 1. The molecule has 0 radical (unpaired) electrons. The molecule has 0 unspecified atom stereocenters. The zero-order valence-corrected chi connectivity index (χ0v) is 14.0. The first kappa shape index (κ1) is 16.6. The Kier molecular flexibility index (Phi) is 5.21. The van der Waals surface area contributed by atoms with Crippen molar-refractivity contribution in [1.29, 1.82) is 5.26 Å². The van der Waals surface area contributed by atoms with E-state index in [0.29, 0.717) is 6.54 Å². The molecule has 24 heavy (non-hydrogen) atoms. The predicted molar refractivity (Wildman–Crippen MR) is 91.8 cm³/mol. The van der Waals surface area contributed by atoms with Gasteiger partial charge in [0.25, 0.3) is 0 Å². The fourth-order valence-corrected chi connectivity index (χ4v) is 3.49. The third-order valence-corrected chi connectivity index (χ3v) is 4.87. The van der Waals surface area contributed by atoms with E-state index in [-0.39, 0.29) is 24.0 Å². The molecule has 1 amide bonds. The van der Waals surface area contributed by atoms with Crippen LogP contribution in [-0.2, 0) is 4.79 Å². The number of carbonyl (C=O) groups is 1. The summed E-state index contributed by atoms with van der Waals surface area (Å²) in [6.45, 7) is 1.49. The van der Waals surface area contributed by atoms with Gasteiger partial charge in [-0.05, 0) is 49.9 Å². The van der Waals surface area contributed by atoms with Gasteiger partial charge in [0.2, 0.25) is 5.91 Å². The lowest BCUT2D eigenvalue weighted by atomic mass is 10.1. The van der Waals surface area contributed by atoms with E-state index in [9.17, 15) is 4.79 Å². The molecule has 2 N–H and O–H groups in total. The summed E-state index contributed by atoms with van der Waals surface area (Å²) in [6, 6.07) is 9.93. The molecule has 2 fully saturated rings. The number of amides is 1. The first-order valence-corrected chi connectivity index (χ1v) is 8.55. The normalized spacial score (nSPS) is 26.2. The summed E-state index contributed by atoms with van der Waals surface area (Å²) in [7, 11) is 1.65. The van der Waals surface area contributed by atoms with Crippen LogP contribution >= 0.6 is 0 Å². The van der Waals surface area contributed by atoms with Gasteiger partial charge in [0.1, 0.15) is 11.8 Å². The number of hydrogen-bond acceptors (Lipinski definition) is 5. The molecule has 2 aliphatic heterocycles. The second kappa shape index (κ2) is 7.54. The number of nitriles is 1. The summed E-state index contributed by atoms with van der Waals surface area (Å²) in [6.07, 6.45) is 3.53. The average molecular weight is 328 g/mol. The summed E-state index contributed by atoms with van der Waals surface area (Å²) in [5.41, 5.74) is 1.04. The SMILES string of the molecule is COc1ccc(NC[C@H]2CC[C@@H](C(=O)N3CCC[C@H]3C#N)N2)cc1. The first-order valence-electron chi connectivity index (χ1n) is 8.55. The van der Waals surface area contributed by atoms with Gasteiger partial charge in [-0.1, -0.05) is 0 Å². The number of rotatable bonds is 5. The highest BCUT2D eigenvalue weighted by Gasteiger charge is 2.36. The summed E-state index contributed by atoms with van der Waals surface area (Å²) < 4.78 is 5.15. The molecule has 0 aromatic heterocycles. The van der Waals surface area contributed by atoms with Crippen LogP contribution in [0.4, 0.5) is 5.69 Å². The van der Waals surface area contributed by atoms with Gasteiger partial charge in [0, 0.05) is 24.8 Å². The Bertz CT molecular complexity index is 610. The van der Waals surface area contributed by atoms with E-state index < -0.39 is 0 Å². The Morgan fingerprint density at radius 2 is 2.17 bits per heavy atom. The number of anilines is 1. The lowest BCUT2D eigenvalue weighted by Crippen LogP contribution is -2.47. The summed E-state index contributed by atoms with van der Waals surface area (Å²) >= 11 is 0. The van der Waals surface area contributed by atoms with Gasteiger partial charge in [-0.3, -0.25) is 4.79 Å². The quantitative estimate of drug-likeness (QED) is 0.861. The summed E-state index contributed by atoms with van der Waals surface area (Å²) in [4.78, 5) is 14.3. The van der Waals surface area contributed by atoms with Crippen LogP contribution in [0.5, 0.6) is 5.75 Å². The Hall–Kier alpha value is -2.26. The highest BCUT2D eigenvalue weighted by Crippen LogP contribution is 2.22. The monoisotopic (exact) mass is 328 g/mol. The molecule has 1 aromatic rings. The van der Waals surface area contributed by atoms with Crippen LogP contribution in [0.15, 0.2) is 24.3 Å². The molecule has 3 atom stereocenters. The smallest absolute Gasteiger partial charge is 0.240 e. The van der Waals surface area contributed by atoms with Gasteiger partial charge in [-0.15, -0.1) is 0 Å². The first-order chi connectivity index (χ1) is 11.7. The number of nitrogens with zero attached hydrogens (tertiary/aromatic N) is 2. The second-order valence-electron chi connectivity index (χ2n) is 6.42. The van der Waals surface area contributed by atoms with E-state index in [2.05, 4.69) is 16.7 Å². The Morgan fingerprint density at radius 3 is 2.88 bits per heavy atom. The van der Waals surface area contributed by atoms with Crippen molar-refractivity contribution in [2.75, 3.05) is 25.5 Å². The predicted octanol–water partition coefficient (Wildman–Crippen LogP) is 1.74. The van der Waals surface area contributed by atoms with Crippen molar-refractivity contribution in [3.05, 3.63) is 24.3 Å². The third kappa shape index (κ3) is 3.62. The maximum Gasteiger partial charge on any atom is 0.240 e. The number of ether oxygens (including phenoxy) is 1. The van der Waals surface area contributed by atoms with Crippen LogP contribution in [-0.4, -0.2) is 49.1 Å². The number of hydrogen-bond donors (Lipinski definition) is 2. The minimum Gasteiger partial charge on any atom is -0.497 e. The minimum absolute atomic E-state index is 0.0889. The van der Waals surface area contributed by atoms with Gasteiger partial charge < -0.3 is 20.3 Å². The van der Waals surface area contributed by atoms with Crippen LogP contribution in [0.2, 0.25) is 0 Å². The molecule has 2 aliphatic rings. The topological polar surface area (TPSA) is 77.4 Å². The lowest BCUT2D eigenvalue weighted by Gasteiger charge is -2.24. The molecule has 3 rings (SSSR count). The molecule has 2 heterocycles. The summed E-state index contributed by atoms with van der Waals surface area (Å²) in [5.74, 6) is 0.925. The molecule has 0 bridgehead atoms. The van der Waals surface area contributed by atoms with Crippen LogP contribution in [0.25, 0.3) is 0 Å². The molecule has 6 heteroatoms. The van der Waals surface area contributed by atoms with Crippen molar-refractivity contribution in [2.24, 2.45) is 0 Å². The Morgan fingerprint density at radius 1 is 1.38 bits per heavy atom. The molecule has 0 spiro atoms. The molecule has 0 saturated carbocycles. The van der Waals surface area contributed by atoms with Crippen LogP contribution in [0, 0.1) is 11.3 Å². The molecule has 2 saturated heterocycles. The Balaban J connectivity index is 1.48. The summed E-state index contributed by atoms with van der Waals surface area (Å²) in [5, 5.41) is 16.0. The van der Waals surface area contributed by atoms with Crippen molar-refractivity contribution in [2.45, 2.75) is 43.8 Å². The van der Waals surface area contributed by atoms with Gasteiger partial charge in [0.15, 0.2) is 0 Å². The fraction of sp³-hybridized carbons (Fsp3) is 0.556. The van der Waals surface area contributed by atoms with Crippen molar-refractivity contribution in [3.63, 3.8) is 0 Å². The van der Waals surface area contributed by atoms with E-state index in [1.807, 2.05) is 24.3 Å². The molecule has 0 aliphatic carbocycles. The van der Waals surface area contributed by atoms with Crippen LogP contribution in [0.3, 0.4) is 0 Å². The minimum atomic E-state index is -0.240. The van der Waals surface area contributed by atoms with Crippen molar-refractivity contribution < 1.29 is 9.53 Å². The molecule has 128 valence electrons. The standard InChI is InChI=1S/C18H24N4O2/c1-24-16-7-4-13(5-8-16)20-12-14-6-9-17(21-14)18(23)22-10-2-3-15(22)11-19/h4-5,7-8,14-15,17,20-21H,2-3,6,9-10,12H2,1H3/t14-,15+,17+/m1/s1. The van der Waals surface area contributed by atoms with E-state index in [0.717, 1.165) is 43.7 Å². The third-order valence-electron chi connectivity index (χ3n) is 4.87.